The Bertz CT molecular complexity index is 1410. The van der Waals surface area contributed by atoms with Crippen LogP contribution in [0, 0.1) is 5.82 Å². The monoisotopic (exact) mass is 507 g/mol. The fraction of sp³-hybridized carbons (Fsp3) is 0.393. The summed E-state index contributed by atoms with van der Waals surface area (Å²) < 4.78 is 23.0. The van der Waals surface area contributed by atoms with Crippen LogP contribution in [0.3, 0.4) is 0 Å². The zero-order valence-electron chi connectivity index (χ0n) is 20.7. The normalized spacial score (nSPS) is 18.6. The van der Waals surface area contributed by atoms with Crippen molar-refractivity contribution >= 4 is 28.5 Å². The van der Waals surface area contributed by atoms with Crippen molar-refractivity contribution in [2.45, 2.75) is 57.2 Å². The minimum Gasteiger partial charge on any atom is -0.477 e. The lowest BCUT2D eigenvalue weighted by Gasteiger charge is -2.37. The number of pyridine rings is 1. The molecule has 9 heteroatoms. The molecule has 3 heterocycles. The van der Waals surface area contributed by atoms with Gasteiger partial charge in [-0.15, -0.1) is 0 Å². The predicted octanol–water partition coefficient (Wildman–Crippen LogP) is 3.43. The SMILES string of the molecule is C[C@H]1CCc2c(N3CCC(OC(=O)[C@@H](N)Cc4ccccc4)CC3)c(F)cc3c(=O)c(C(=O)O)cn1c23. The number of piperidine rings is 1. The van der Waals surface area contributed by atoms with Gasteiger partial charge in [-0.1, -0.05) is 30.3 Å². The standard InChI is InChI=1S/C28H30FN3O5/c1-16-7-8-19-24-20(26(33)21(27(34)35)15-32(16)24)14-22(29)25(19)31-11-9-18(10-12-31)37-28(36)23(30)13-17-5-3-2-4-6-17/h2-6,14-16,18,23H,7-13,30H2,1H3,(H,34,35)/t16-,23-/m0/s1. The van der Waals surface area contributed by atoms with Crippen molar-refractivity contribution in [1.29, 1.82) is 0 Å². The highest BCUT2D eigenvalue weighted by atomic mass is 19.1. The van der Waals surface area contributed by atoms with Crippen molar-refractivity contribution in [1.82, 2.24) is 4.57 Å². The molecule has 0 saturated carbocycles. The van der Waals surface area contributed by atoms with Crippen LogP contribution in [0.2, 0.25) is 0 Å². The molecule has 0 amide bonds. The predicted molar refractivity (Wildman–Crippen MR) is 138 cm³/mol. The van der Waals surface area contributed by atoms with E-state index in [9.17, 15) is 19.5 Å². The second kappa shape index (κ2) is 9.97. The molecule has 194 valence electrons. The van der Waals surface area contributed by atoms with Gasteiger partial charge in [-0.25, -0.2) is 9.18 Å². The maximum Gasteiger partial charge on any atom is 0.341 e. The van der Waals surface area contributed by atoms with Crippen LogP contribution in [-0.2, 0) is 22.4 Å². The van der Waals surface area contributed by atoms with Crippen LogP contribution in [-0.4, -0.2) is 46.8 Å². The van der Waals surface area contributed by atoms with Gasteiger partial charge in [0.1, 0.15) is 23.5 Å². The van der Waals surface area contributed by atoms with Crippen molar-refractivity contribution < 1.29 is 23.8 Å². The first-order valence-corrected chi connectivity index (χ1v) is 12.6. The summed E-state index contributed by atoms with van der Waals surface area (Å²) in [5.74, 6) is -2.30. The second-order valence-corrected chi connectivity index (χ2v) is 9.97. The van der Waals surface area contributed by atoms with Gasteiger partial charge in [0.2, 0.25) is 5.43 Å². The van der Waals surface area contributed by atoms with Crippen molar-refractivity contribution in [2.24, 2.45) is 5.73 Å². The lowest BCUT2D eigenvalue weighted by Crippen LogP contribution is -2.42. The minimum atomic E-state index is -1.32. The Morgan fingerprint density at radius 1 is 1.19 bits per heavy atom. The molecule has 2 atom stereocenters. The summed E-state index contributed by atoms with van der Waals surface area (Å²) in [5, 5.41) is 9.58. The first-order valence-electron chi connectivity index (χ1n) is 12.6. The third kappa shape index (κ3) is 4.71. The number of halogens is 1. The minimum absolute atomic E-state index is 0.0164. The van der Waals surface area contributed by atoms with Crippen LogP contribution in [0.25, 0.3) is 10.9 Å². The van der Waals surface area contributed by atoms with E-state index in [1.165, 1.54) is 12.3 Å². The molecule has 0 unspecified atom stereocenters. The molecule has 0 aliphatic carbocycles. The van der Waals surface area contributed by atoms with E-state index in [1.54, 1.807) is 4.57 Å². The van der Waals surface area contributed by atoms with Gasteiger partial charge >= 0.3 is 11.9 Å². The van der Waals surface area contributed by atoms with Gasteiger partial charge in [0.25, 0.3) is 0 Å². The van der Waals surface area contributed by atoms with Crippen LogP contribution in [0.15, 0.2) is 47.4 Å². The van der Waals surface area contributed by atoms with E-state index >= 15 is 4.39 Å². The molecular formula is C28H30FN3O5. The highest BCUT2D eigenvalue weighted by Gasteiger charge is 2.31. The molecule has 0 spiro atoms. The third-order valence-electron chi connectivity index (χ3n) is 7.50. The molecule has 3 aromatic rings. The van der Waals surface area contributed by atoms with Crippen molar-refractivity contribution in [3.05, 3.63) is 75.3 Å². The summed E-state index contributed by atoms with van der Waals surface area (Å²) in [5.41, 5.74) is 7.78. The van der Waals surface area contributed by atoms with E-state index in [0.717, 1.165) is 11.1 Å². The zero-order valence-corrected chi connectivity index (χ0v) is 20.7. The third-order valence-corrected chi connectivity index (χ3v) is 7.50. The lowest BCUT2D eigenvalue weighted by molar-refractivity contribution is -0.151. The number of carbonyl (C=O) groups excluding carboxylic acids is 1. The number of aromatic carboxylic acids is 1. The topological polar surface area (TPSA) is 115 Å². The van der Waals surface area contributed by atoms with E-state index in [0.29, 0.717) is 56.4 Å². The number of esters is 1. The average Bonchev–Trinajstić information content (AvgIpc) is 2.88. The quantitative estimate of drug-likeness (QED) is 0.491. The zero-order chi connectivity index (χ0) is 26.3. The maximum absolute atomic E-state index is 15.5. The number of carboxylic acid groups (broad SMARTS) is 1. The number of benzene rings is 2. The van der Waals surface area contributed by atoms with Gasteiger partial charge in [-0.3, -0.25) is 9.59 Å². The molecule has 1 fully saturated rings. The van der Waals surface area contributed by atoms with Gasteiger partial charge in [-0.05, 0) is 37.8 Å². The van der Waals surface area contributed by atoms with Gasteiger partial charge in [0.15, 0.2) is 0 Å². The van der Waals surface area contributed by atoms with Crippen LogP contribution < -0.4 is 16.1 Å². The van der Waals surface area contributed by atoms with E-state index < -0.39 is 29.2 Å². The summed E-state index contributed by atoms with van der Waals surface area (Å²) >= 11 is 0. The number of carbonyl (C=O) groups is 2. The van der Waals surface area contributed by atoms with E-state index in [1.807, 2.05) is 42.2 Å². The Kier molecular flexibility index (Phi) is 6.72. The Morgan fingerprint density at radius 2 is 1.89 bits per heavy atom. The molecule has 2 aromatic carbocycles. The fourth-order valence-corrected chi connectivity index (χ4v) is 5.53. The fourth-order valence-electron chi connectivity index (χ4n) is 5.53. The Balaban J connectivity index is 1.35. The number of ether oxygens (including phenoxy) is 1. The molecule has 8 nitrogen and oxygen atoms in total. The van der Waals surface area contributed by atoms with Crippen molar-refractivity contribution in [3.8, 4) is 0 Å². The highest BCUT2D eigenvalue weighted by molar-refractivity contribution is 5.95. The smallest absolute Gasteiger partial charge is 0.341 e. The first-order chi connectivity index (χ1) is 17.7. The molecule has 0 radical (unpaired) electrons. The Labute approximate surface area is 213 Å². The van der Waals surface area contributed by atoms with Crippen LogP contribution in [0.4, 0.5) is 10.1 Å². The van der Waals surface area contributed by atoms with Crippen molar-refractivity contribution in [2.75, 3.05) is 18.0 Å². The van der Waals surface area contributed by atoms with E-state index in [4.69, 9.17) is 10.5 Å². The molecular weight excluding hydrogens is 477 g/mol. The number of rotatable bonds is 6. The van der Waals surface area contributed by atoms with E-state index in [-0.39, 0.29) is 23.1 Å². The molecule has 37 heavy (non-hydrogen) atoms. The largest absolute Gasteiger partial charge is 0.477 e. The summed E-state index contributed by atoms with van der Waals surface area (Å²) in [6.07, 6.45) is 3.82. The number of hydrogen-bond donors (Lipinski definition) is 2. The Morgan fingerprint density at radius 3 is 2.57 bits per heavy atom. The number of hydrogen-bond acceptors (Lipinski definition) is 6. The van der Waals surface area contributed by atoms with Crippen LogP contribution in [0.1, 0.15) is 53.7 Å². The molecule has 5 rings (SSSR count). The number of nitrogens with zero attached hydrogens (tertiary/aromatic N) is 2. The summed E-state index contributed by atoms with van der Waals surface area (Å²) in [6.45, 7) is 2.92. The molecule has 1 aromatic heterocycles. The van der Waals surface area contributed by atoms with Gasteiger partial charge in [-0.2, -0.15) is 0 Å². The number of carboxylic acids is 1. The van der Waals surface area contributed by atoms with Gasteiger partial charge in [0, 0.05) is 49.1 Å². The molecule has 0 bridgehead atoms. The highest BCUT2D eigenvalue weighted by Crippen LogP contribution is 2.39. The molecule has 1 saturated heterocycles. The van der Waals surface area contributed by atoms with E-state index in [2.05, 4.69) is 0 Å². The summed E-state index contributed by atoms with van der Waals surface area (Å²) in [7, 11) is 0. The summed E-state index contributed by atoms with van der Waals surface area (Å²) in [6, 6.07) is 9.93. The average molecular weight is 508 g/mol. The van der Waals surface area contributed by atoms with Crippen LogP contribution in [0.5, 0.6) is 0 Å². The molecule has 2 aliphatic rings. The molecule has 3 N–H and O–H groups in total. The van der Waals surface area contributed by atoms with Gasteiger partial charge in [0.05, 0.1) is 11.2 Å². The number of nitrogens with two attached hydrogens (primary N) is 1. The maximum atomic E-state index is 15.5. The lowest BCUT2D eigenvalue weighted by atomic mass is 9.93. The number of anilines is 1. The number of aromatic nitrogens is 1. The first kappa shape index (κ1) is 25.0. The van der Waals surface area contributed by atoms with Gasteiger partial charge < -0.3 is 25.0 Å². The molecule has 2 aliphatic heterocycles. The Hall–Kier alpha value is -3.72. The number of aryl methyl sites for hydroxylation is 1. The van der Waals surface area contributed by atoms with Crippen LogP contribution >= 0.6 is 0 Å². The summed E-state index contributed by atoms with van der Waals surface area (Å²) in [4.78, 5) is 39.0. The second-order valence-electron chi connectivity index (χ2n) is 9.97. The van der Waals surface area contributed by atoms with Crippen molar-refractivity contribution in [3.63, 3.8) is 0 Å².